The summed E-state index contributed by atoms with van der Waals surface area (Å²) in [7, 11) is 0. The molecule has 0 aromatic heterocycles. The Bertz CT molecular complexity index is 596. The first-order valence-corrected chi connectivity index (χ1v) is 5.60. The molecule has 0 bridgehead atoms. The Labute approximate surface area is 109 Å². The highest BCUT2D eigenvalue weighted by molar-refractivity contribution is 5.93. The number of carboxylic acid groups (broad SMARTS) is 1. The van der Waals surface area contributed by atoms with Gasteiger partial charge in [0.2, 0.25) is 0 Å². The summed E-state index contributed by atoms with van der Waals surface area (Å²) in [4.78, 5) is 10.9. The number of anilines is 1. The zero-order valence-corrected chi connectivity index (χ0v) is 10.0. The van der Waals surface area contributed by atoms with Gasteiger partial charge in [0.15, 0.2) is 5.75 Å². The maximum Gasteiger partial charge on any atom is 0.339 e. The fourth-order valence-electron chi connectivity index (χ4n) is 1.62. The predicted molar refractivity (Wildman–Crippen MR) is 70.3 cm³/mol. The molecule has 0 aliphatic heterocycles. The molecule has 4 N–H and O–H groups in total. The second-order valence-electron chi connectivity index (χ2n) is 3.99. The van der Waals surface area contributed by atoms with Gasteiger partial charge in [-0.25, -0.2) is 4.79 Å². The molecule has 0 unspecified atom stereocenters. The third-order valence-corrected chi connectivity index (χ3v) is 2.59. The van der Waals surface area contributed by atoms with Crippen LogP contribution in [0.2, 0.25) is 0 Å². The van der Waals surface area contributed by atoms with Crippen molar-refractivity contribution in [2.75, 3.05) is 5.73 Å². The number of rotatable bonds is 4. The van der Waals surface area contributed by atoms with E-state index in [-0.39, 0.29) is 11.3 Å². The van der Waals surface area contributed by atoms with Crippen molar-refractivity contribution in [3.05, 3.63) is 53.6 Å². The number of aromatic carboxylic acids is 1. The summed E-state index contributed by atoms with van der Waals surface area (Å²) in [6.45, 7) is 0.296. The van der Waals surface area contributed by atoms with Gasteiger partial charge in [0.05, 0.1) is 5.69 Å². The molecule has 0 radical (unpaired) electrons. The van der Waals surface area contributed by atoms with E-state index in [0.29, 0.717) is 12.4 Å². The topological polar surface area (TPSA) is 92.8 Å². The number of ether oxygens (including phenoxy) is 1. The van der Waals surface area contributed by atoms with Crippen LogP contribution < -0.4 is 10.5 Å². The summed E-state index contributed by atoms with van der Waals surface area (Å²) in [6.07, 6.45) is 0. The van der Waals surface area contributed by atoms with Crippen LogP contribution in [0.5, 0.6) is 11.5 Å². The van der Waals surface area contributed by atoms with Gasteiger partial charge < -0.3 is 20.7 Å². The molecule has 98 valence electrons. The first-order chi connectivity index (χ1) is 9.08. The minimum Gasteiger partial charge on any atom is -0.505 e. The summed E-state index contributed by atoms with van der Waals surface area (Å²) in [5.74, 6) is -1.40. The van der Waals surface area contributed by atoms with Crippen molar-refractivity contribution in [1.82, 2.24) is 0 Å². The fourth-order valence-corrected chi connectivity index (χ4v) is 1.62. The van der Waals surface area contributed by atoms with Crippen molar-refractivity contribution in [3.8, 4) is 11.5 Å². The van der Waals surface area contributed by atoms with E-state index in [4.69, 9.17) is 15.6 Å². The maximum absolute atomic E-state index is 10.9. The van der Waals surface area contributed by atoms with Crippen LogP contribution in [0, 0.1) is 0 Å². The molecule has 0 fully saturated rings. The standard InChI is InChI=1S/C14H13NO4/c15-12-7-10(6-11(13(12)16)14(17)18)19-8-9-4-2-1-3-5-9/h1-7,16H,8,15H2,(H,17,18). The van der Waals surface area contributed by atoms with Crippen LogP contribution in [0.3, 0.4) is 0 Å². The van der Waals surface area contributed by atoms with Gasteiger partial charge >= 0.3 is 5.97 Å². The lowest BCUT2D eigenvalue weighted by Crippen LogP contribution is -2.02. The number of phenols is 1. The highest BCUT2D eigenvalue weighted by Gasteiger charge is 2.14. The number of hydrogen-bond acceptors (Lipinski definition) is 4. The van der Waals surface area contributed by atoms with Crippen LogP contribution in [0.4, 0.5) is 5.69 Å². The lowest BCUT2D eigenvalue weighted by atomic mass is 10.1. The average molecular weight is 259 g/mol. The predicted octanol–water partition coefficient (Wildman–Crippen LogP) is 2.25. The molecule has 0 saturated heterocycles. The maximum atomic E-state index is 10.9. The largest absolute Gasteiger partial charge is 0.505 e. The van der Waals surface area contributed by atoms with Crippen LogP contribution in [0.25, 0.3) is 0 Å². The fraction of sp³-hybridized carbons (Fsp3) is 0.0714. The second kappa shape index (κ2) is 5.30. The van der Waals surface area contributed by atoms with Gasteiger partial charge in [-0.1, -0.05) is 30.3 Å². The molecule has 0 amide bonds. The smallest absolute Gasteiger partial charge is 0.339 e. The third-order valence-electron chi connectivity index (χ3n) is 2.59. The summed E-state index contributed by atoms with van der Waals surface area (Å²) in [6, 6.07) is 12.1. The molecule has 0 heterocycles. The SMILES string of the molecule is Nc1cc(OCc2ccccc2)cc(C(=O)O)c1O. The van der Waals surface area contributed by atoms with E-state index < -0.39 is 11.7 Å². The van der Waals surface area contributed by atoms with E-state index in [2.05, 4.69) is 0 Å². The van der Waals surface area contributed by atoms with Gasteiger partial charge in [0.25, 0.3) is 0 Å². The Balaban J connectivity index is 2.19. The number of benzene rings is 2. The molecule has 0 atom stereocenters. The number of aromatic hydroxyl groups is 1. The third kappa shape index (κ3) is 2.95. The first-order valence-electron chi connectivity index (χ1n) is 5.60. The van der Waals surface area contributed by atoms with Crippen molar-refractivity contribution in [2.24, 2.45) is 0 Å². The van der Waals surface area contributed by atoms with Crippen LogP contribution in [-0.4, -0.2) is 16.2 Å². The van der Waals surface area contributed by atoms with Crippen LogP contribution in [0.15, 0.2) is 42.5 Å². The highest BCUT2D eigenvalue weighted by atomic mass is 16.5. The molecule has 0 saturated carbocycles. The number of hydrogen-bond donors (Lipinski definition) is 3. The van der Waals surface area contributed by atoms with Crippen molar-refractivity contribution >= 4 is 11.7 Å². The van der Waals surface area contributed by atoms with Crippen LogP contribution >= 0.6 is 0 Å². The van der Waals surface area contributed by atoms with E-state index in [1.807, 2.05) is 30.3 Å². The van der Waals surface area contributed by atoms with Gasteiger partial charge in [-0.05, 0) is 11.6 Å². The Morgan fingerprint density at radius 3 is 2.53 bits per heavy atom. The summed E-state index contributed by atoms with van der Waals surface area (Å²) in [5.41, 5.74) is 6.18. The lowest BCUT2D eigenvalue weighted by Gasteiger charge is -2.10. The quantitative estimate of drug-likeness (QED) is 0.578. The molecule has 5 nitrogen and oxygen atoms in total. The zero-order chi connectivity index (χ0) is 13.8. The zero-order valence-electron chi connectivity index (χ0n) is 10.0. The van der Waals surface area contributed by atoms with E-state index in [9.17, 15) is 9.90 Å². The Morgan fingerprint density at radius 1 is 1.21 bits per heavy atom. The highest BCUT2D eigenvalue weighted by Crippen LogP contribution is 2.30. The van der Waals surface area contributed by atoms with E-state index in [0.717, 1.165) is 5.56 Å². The van der Waals surface area contributed by atoms with Crippen LogP contribution in [-0.2, 0) is 6.61 Å². The molecule has 2 aromatic carbocycles. The van der Waals surface area contributed by atoms with E-state index in [1.165, 1.54) is 12.1 Å². The molecule has 19 heavy (non-hydrogen) atoms. The van der Waals surface area contributed by atoms with Crippen molar-refractivity contribution in [1.29, 1.82) is 0 Å². The lowest BCUT2D eigenvalue weighted by molar-refractivity contribution is 0.0693. The normalized spacial score (nSPS) is 10.1. The molecule has 2 rings (SSSR count). The molecule has 0 aliphatic rings. The Hall–Kier alpha value is -2.69. The summed E-state index contributed by atoms with van der Waals surface area (Å²) < 4.78 is 5.46. The van der Waals surface area contributed by atoms with E-state index >= 15 is 0 Å². The molecule has 0 aliphatic carbocycles. The minimum absolute atomic E-state index is 0.0250. The molecule has 0 spiro atoms. The average Bonchev–Trinajstić information content (AvgIpc) is 2.41. The monoisotopic (exact) mass is 259 g/mol. The summed E-state index contributed by atoms with van der Waals surface area (Å²) >= 11 is 0. The summed E-state index contributed by atoms with van der Waals surface area (Å²) in [5, 5.41) is 18.4. The van der Waals surface area contributed by atoms with Crippen molar-refractivity contribution in [2.45, 2.75) is 6.61 Å². The van der Waals surface area contributed by atoms with Gasteiger partial charge in [-0.15, -0.1) is 0 Å². The molecular formula is C14H13NO4. The molecule has 2 aromatic rings. The number of carbonyl (C=O) groups is 1. The number of nitrogen functional groups attached to an aromatic ring is 1. The van der Waals surface area contributed by atoms with Crippen molar-refractivity contribution in [3.63, 3.8) is 0 Å². The van der Waals surface area contributed by atoms with Gasteiger partial charge in [-0.2, -0.15) is 0 Å². The van der Waals surface area contributed by atoms with Crippen molar-refractivity contribution < 1.29 is 19.7 Å². The second-order valence-corrected chi connectivity index (χ2v) is 3.99. The molecular weight excluding hydrogens is 246 g/mol. The van der Waals surface area contributed by atoms with E-state index in [1.54, 1.807) is 0 Å². The minimum atomic E-state index is -1.26. The number of nitrogens with two attached hydrogens (primary N) is 1. The first kappa shape index (κ1) is 12.8. The van der Waals surface area contributed by atoms with Gasteiger partial charge in [0, 0.05) is 6.07 Å². The molecule has 5 heteroatoms. The Kier molecular flexibility index (Phi) is 3.56. The van der Waals surface area contributed by atoms with Gasteiger partial charge in [0.1, 0.15) is 17.9 Å². The van der Waals surface area contributed by atoms with Crippen LogP contribution in [0.1, 0.15) is 15.9 Å². The Morgan fingerprint density at radius 2 is 1.89 bits per heavy atom. The number of carboxylic acids is 1. The van der Waals surface area contributed by atoms with Gasteiger partial charge in [-0.3, -0.25) is 0 Å².